The molecule has 0 amide bonds. The molecule has 0 saturated heterocycles. The van der Waals surface area contributed by atoms with Crippen molar-refractivity contribution >= 4 is 27.3 Å². The van der Waals surface area contributed by atoms with Gasteiger partial charge in [-0.3, -0.25) is 0 Å². The number of aromatic nitrogens is 1. The molecule has 2 rings (SSSR count). The molecule has 6 nitrogen and oxygen atoms in total. The van der Waals surface area contributed by atoms with Gasteiger partial charge in [0.05, 0.1) is 27.8 Å². The lowest BCUT2D eigenvalue weighted by Crippen LogP contribution is -2.23. The number of sulfonamides is 1. The van der Waals surface area contributed by atoms with E-state index in [1.807, 2.05) is 0 Å². The van der Waals surface area contributed by atoms with Crippen molar-refractivity contribution in [3.8, 4) is 0 Å². The van der Waals surface area contributed by atoms with Crippen LogP contribution in [-0.4, -0.2) is 13.6 Å². The molecule has 2 aromatic rings. The van der Waals surface area contributed by atoms with Crippen molar-refractivity contribution in [2.45, 2.75) is 18.4 Å². The van der Waals surface area contributed by atoms with Crippen LogP contribution < -0.4 is 10.5 Å². The highest BCUT2D eigenvalue weighted by molar-refractivity contribution is 7.89. The van der Waals surface area contributed by atoms with Crippen LogP contribution >= 0.6 is 11.6 Å². The average Bonchev–Trinajstić information content (AvgIpc) is 2.76. The number of rotatable bonds is 4. The summed E-state index contributed by atoms with van der Waals surface area (Å²) < 4.78 is 31.3. The van der Waals surface area contributed by atoms with Gasteiger partial charge in [-0.15, -0.1) is 0 Å². The summed E-state index contributed by atoms with van der Waals surface area (Å²) in [7, 11) is -3.66. The Kier molecular flexibility index (Phi) is 3.79. The first-order valence-electron chi connectivity index (χ1n) is 5.35. The number of aryl methyl sites for hydroxylation is 1. The molecule has 0 aliphatic carbocycles. The number of halogens is 1. The van der Waals surface area contributed by atoms with Gasteiger partial charge in [0.1, 0.15) is 5.76 Å². The zero-order valence-electron chi connectivity index (χ0n) is 10.1. The van der Waals surface area contributed by atoms with Crippen LogP contribution in [0.1, 0.15) is 11.5 Å². The smallest absolute Gasteiger partial charge is 0.241 e. The number of hydrogen-bond donors (Lipinski definition) is 2. The van der Waals surface area contributed by atoms with Crippen LogP contribution in [-0.2, 0) is 16.6 Å². The average molecular weight is 302 g/mol. The fourth-order valence-electron chi connectivity index (χ4n) is 1.44. The standard InChI is InChI=1S/C11H12ClN3O3S/c1-7-4-8(15-18-7)6-14-19(16,17)9-2-3-10(12)11(13)5-9/h2-5,14H,6,13H2,1H3. The summed E-state index contributed by atoms with van der Waals surface area (Å²) >= 11 is 5.74. The zero-order valence-corrected chi connectivity index (χ0v) is 11.6. The molecule has 0 bridgehead atoms. The molecule has 19 heavy (non-hydrogen) atoms. The Morgan fingerprint density at radius 1 is 1.42 bits per heavy atom. The van der Waals surface area contributed by atoms with Gasteiger partial charge in [0, 0.05) is 6.07 Å². The summed E-state index contributed by atoms with van der Waals surface area (Å²) in [4.78, 5) is 0.0506. The second kappa shape index (κ2) is 5.20. The van der Waals surface area contributed by atoms with E-state index in [1.54, 1.807) is 13.0 Å². The minimum atomic E-state index is -3.66. The molecule has 0 aliphatic rings. The summed E-state index contributed by atoms with van der Waals surface area (Å²) in [6.07, 6.45) is 0. The van der Waals surface area contributed by atoms with E-state index >= 15 is 0 Å². The van der Waals surface area contributed by atoms with Crippen LogP contribution in [0.25, 0.3) is 0 Å². The van der Waals surface area contributed by atoms with Gasteiger partial charge in [0.25, 0.3) is 0 Å². The third-order valence-corrected chi connectivity index (χ3v) is 4.14. The van der Waals surface area contributed by atoms with Gasteiger partial charge in [0.15, 0.2) is 0 Å². The Hall–Kier alpha value is -1.57. The SMILES string of the molecule is Cc1cc(CNS(=O)(=O)c2ccc(Cl)c(N)c2)no1. The van der Waals surface area contributed by atoms with Gasteiger partial charge in [0.2, 0.25) is 10.0 Å². The van der Waals surface area contributed by atoms with E-state index in [1.165, 1.54) is 18.2 Å². The quantitative estimate of drug-likeness (QED) is 0.837. The third-order valence-electron chi connectivity index (χ3n) is 2.40. The van der Waals surface area contributed by atoms with Crippen LogP contribution in [0.4, 0.5) is 5.69 Å². The first kappa shape index (κ1) is 13.9. The van der Waals surface area contributed by atoms with Crippen LogP contribution in [0, 0.1) is 6.92 Å². The second-order valence-corrected chi connectivity index (χ2v) is 6.11. The lowest BCUT2D eigenvalue weighted by Gasteiger charge is -2.06. The number of nitrogen functional groups attached to an aromatic ring is 1. The molecule has 0 saturated carbocycles. The van der Waals surface area contributed by atoms with Crippen molar-refractivity contribution < 1.29 is 12.9 Å². The maximum atomic E-state index is 12.0. The molecule has 0 atom stereocenters. The van der Waals surface area contributed by atoms with Crippen molar-refractivity contribution in [1.29, 1.82) is 0 Å². The normalized spacial score (nSPS) is 11.7. The fourth-order valence-corrected chi connectivity index (χ4v) is 2.59. The molecule has 0 fully saturated rings. The molecule has 1 heterocycles. The molecule has 0 radical (unpaired) electrons. The lowest BCUT2D eigenvalue weighted by molar-refractivity contribution is 0.390. The topological polar surface area (TPSA) is 98.2 Å². The molecule has 0 unspecified atom stereocenters. The predicted molar refractivity (Wildman–Crippen MR) is 71.1 cm³/mol. The molecular weight excluding hydrogens is 290 g/mol. The molecule has 0 spiro atoms. The number of benzene rings is 1. The predicted octanol–water partition coefficient (Wildman–Crippen LogP) is 1.70. The van der Waals surface area contributed by atoms with Crippen LogP contribution in [0.5, 0.6) is 0 Å². The molecular formula is C11H12ClN3O3S. The molecule has 1 aromatic heterocycles. The number of nitrogens with zero attached hydrogens (tertiary/aromatic N) is 1. The number of hydrogen-bond acceptors (Lipinski definition) is 5. The third kappa shape index (κ3) is 3.25. The van der Waals surface area contributed by atoms with E-state index in [9.17, 15) is 8.42 Å². The second-order valence-electron chi connectivity index (χ2n) is 3.94. The summed E-state index contributed by atoms with van der Waals surface area (Å²) in [6, 6.07) is 5.78. The Labute approximate surface area is 115 Å². The fraction of sp³-hybridized carbons (Fsp3) is 0.182. The van der Waals surface area contributed by atoms with Crippen molar-refractivity contribution in [1.82, 2.24) is 9.88 Å². The molecule has 102 valence electrons. The Balaban J connectivity index is 2.16. The first-order chi connectivity index (χ1) is 8.88. The van der Waals surface area contributed by atoms with Crippen molar-refractivity contribution in [3.05, 3.63) is 40.7 Å². The van der Waals surface area contributed by atoms with Crippen LogP contribution in [0.2, 0.25) is 5.02 Å². The monoisotopic (exact) mass is 301 g/mol. The molecule has 1 aromatic carbocycles. The minimum Gasteiger partial charge on any atom is -0.397 e. The summed E-state index contributed by atoms with van der Waals surface area (Å²) in [5.41, 5.74) is 6.29. The Morgan fingerprint density at radius 2 is 2.16 bits per heavy atom. The van der Waals surface area contributed by atoms with Gasteiger partial charge in [-0.1, -0.05) is 16.8 Å². The summed E-state index contributed by atoms with van der Waals surface area (Å²) in [6.45, 7) is 1.77. The lowest BCUT2D eigenvalue weighted by atomic mass is 10.3. The molecule has 3 N–H and O–H groups in total. The highest BCUT2D eigenvalue weighted by Crippen LogP contribution is 2.22. The highest BCUT2D eigenvalue weighted by atomic mass is 35.5. The van der Waals surface area contributed by atoms with E-state index in [0.717, 1.165) is 0 Å². The van der Waals surface area contributed by atoms with Gasteiger partial charge in [-0.2, -0.15) is 0 Å². The minimum absolute atomic E-state index is 0.0439. The van der Waals surface area contributed by atoms with E-state index in [2.05, 4.69) is 9.88 Å². The van der Waals surface area contributed by atoms with Gasteiger partial charge in [-0.25, -0.2) is 13.1 Å². The molecule has 0 aliphatic heterocycles. The number of anilines is 1. The van der Waals surface area contributed by atoms with E-state index in [-0.39, 0.29) is 17.1 Å². The van der Waals surface area contributed by atoms with Gasteiger partial charge < -0.3 is 10.3 Å². The molecule has 8 heteroatoms. The number of nitrogens with one attached hydrogen (secondary N) is 1. The Morgan fingerprint density at radius 3 is 2.74 bits per heavy atom. The van der Waals surface area contributed by atoms with E-state index in [4.69, 9.17) is 21.9 Å². The van der Waals surface area contributed by atoms with Crippen molar-refractivity contribution in [2.24, 2.45) is 0 Å². The summed E-state index contributed by atoms with van der Waals surface area (Å²) in [5.74, 6) is 0.616. The Bertz CT molecular complexity index is 697. The van der Waals surface area contributed by atoms with E-state index in [0.29, 0.717) is 16.5 Å². The van der Waals surface area contributed by atoms with Gasteiger partial charge in [-0.05, 0) is 25.1 Å². The van der Waals surface area contributed by atoms with Crippen LogP contribution in [0.15, 0.2) is 33.7 Å². The van der Waals surface area contributed by atoms with Crippen molar-refractivity contribution in [2.75, 3.05) is 5.73 Å². The van der Waals surface area contributed by atoms with Crippen LogP contribution in [0.3, 0.4) is 0 Å². The maximum Gasteiger partial charge on any atom is 0.241 e. The number of nitrogens with two attached hydrogens (primary N) is 1. The largest absolute Gasteiger partial charge is 0.397 e. The zero-order chi connectivity index (χ0) is 14.0. The maximum absolute atomic E-state index is 12.0. The van der Waals surface area contributed by atoms with Gasteiger partial charge >= 0.3 is 0 Å². The van der Waals surface area contributed by atoms with Crippen molar-refractivity contribution in [3.63, 3.8) is 0 Å². The van der Waals surface area contributed by atoms with E-state index < -0.39 is 10.0 Å². The highest BCUT2D eigenvalue weighted by Gasteiger charge is 2.15. The summed E-state index contributed by atoms with van der Waals surface area (Å²) in [5, 5.41) is 4.01. The first-order valence-corrected chi connectivity index (χ1v) is 7.21.